The molecule has 0 radical (unpaired) electrons. The molecule has 0 aliphatic carbocycles. The van der Waals surface area contributed by atoms with Crippen molar-refractivity contribution in [1.82, 2.24) is 14.8 Å². The first-order chi connectivity index (χ1) is 13.5. The largest absolute Gasteiger partial charge is 0.324 e. The molecule has 1 aliphatic heterocycles. The maximum Gasteiger partial charge on any atom is 0.229 e. The quantitative estimate of drug-likeness (QED) is 0.675. The van der Waals surface area contributed by atoms with E-state index in [4.69, 9.17) is 0 Å². The highest BCUT2D eigenvalue weighted by molar-refractivity contribution is 9.10. The van der Waals surface area contributed by atoms with Crippen LogP contribution in [-0.2, 0) is 9.59 Å². The summed E-state index contributed by atoms with van der Waals surface area (Å²) in [7, 11) is 0. The summed E-state index contributed by atoms with van der Waals surface area (Å²) in [6.07, 6.45) is 5.25. The Balaban J connectivity index is 1.42. The molecule has 142 valence electrons. The highest BCUT2D eigenvalue weighted by Crippen LogP contribution is 2.29. The summed E-state index contributed by atoms with van der Waals surface area (Å²) in [4.78, 5) is 31.0. The van der Waals surface area contributed by atoms with Crippen molar-refractivity contribution in [3.63, 3.8) is 0 Å². The molecule has 8 heteroatoms. The SMILES string of the molecule is Cc1cc(N2CC(C(=O)Nc3ccc(-n4cccn4)nc3)CC2=O)ccc1Br. The number of benzene rings is 1. The van der Waals surface area contributed by atoms with Gasteiger partial charge in [0.15, 0.2) is 5.82 Å². The third kappa shape index (κ3) is 3.68. The van der Waals surface area contributed by atoms with E-state index >= 15 is 0 Å². The van der Waals surface area contributed by atoms with Crippen LogP contribution in [0.3, 0.4) is 0 Å². The first kappa shape index (κ1) is 18.4. The van der Waals surface area contributed by atoms with E-state index in [0.29, 0.717) is 18.1 Å². The zero-order valence-corrected chi connectivity index (χ0v) is 16.8. The van der Waals surface area contributed by atoms with Gasteiger partial charge in [0.2, 0.25) is 11.8 Å². The standard InChI is InChI=1S/C20H18BrN5O2/c1-13-9-16(4-5-17(13)21)25-12-14(10-19(25)27)20(28)24-15-3-6-18(22-11-15)26-8-2-7-23-26/h2-9,11,14H,10,12H2,1H3,(H,24,28). The van der Waals surface area contributed by atoms with Gasteiger partial charge >= 0.3 is 0 Å². The van der Waals surface area contributed by atoms with E-state index in [0.717, 1.165) is 15.7 Å². The summed E-state index contributed by atoms with van der Waals surface area (Å²) >= 11 is 3.46. The number of carbonyl (C=O) groups excluding carboxylic acids is 2. The Labute approximate surface area is 170 Å². The summed E-state index contributed by atoms with van der Waals surface area (Å²) in [5.41, 5.74) is 2.44. The first-order valence-corrected chi connectivity index (χ1v) is 9.64. The topological polar surface area (TPSA) is 80.1 Å². The number of nitrogens with one attached hydrogen (secondary N) is 1. The third-order valence-corrected chi connectivity index (χ3v) is 5.59. The lowest BCUT2D eigenvalue weighted by Gasteiger charge is -2.17. The van der Waals surface area contributed by atoms with Gasteiger partial charge in [-0.2, -0.15) is 5.10 Å². The number of aromatic nitrogens is 3. The van der Waals surface area contributed by atoms with Crippen molar-refractivity contribution in [2.45, 2.75) is 13.3 Å². The van der Waals surface area contributed by atoms with Crippen molar-refractivity contribution in [2.24, 2.45) is 5.92 Å². The van der Waals surface area contributed by atoms with Crippen LogP contribution in [0.1, 0.15) is 12.0 Å². The number of rotatable bonds is 4. The molecule has 7 nitrogen and oxygen atoms in total. The lowest BCUT2D eigenvalue weighted by Crippen LogP contribution is -2.28. The van der Waals surface area contributed by atoms with Crippen molar-refractivity contribution in [1.29, 1.82) is 0 Å². The Bertz CT molecular complexity index is 1020. The van der Waals surface area contributed by atoms with Crippen LogP contribution in [0.2, 0.25) is 0 Å². The summed E-state index contributed by atoms with van der Waals surface area (Å²) < 4.78 is 2.63. The zero-order valence-electron chi connectivity index (χ0n) is 15.2. The molecule has 1 aromatic carbocycles. The van der Waals surface area contributed by atoms with Crippen molar-refractivity contribution in [3.8, 4) is 5.82 Å². The molecule has 1 aliphatic rings. The van der Waals surface area contributed by atoms with Gasteiger partial charge in [0.1, 0.15) is 0 Å². The number of amides is 2. The molecule has 0 spiro atoms. The molecule has 1 unspecified atom stereocenters. The summed E-state index contributed by atoms with van der Waals surface area (Å²) in [6.45, 7) is 2.34. The van der Waals surface area contributed by atoms with Gasteiger partial charge in [-0.3, -0.25) is 9.59 Å². The van der Waals surface area contributed by atoms with E-state index in [1.807, 2.05) is 31.2 Å². The predicted octanol–water partition coefficient (Wildman–Crippen LogP) is 3.33. The van der Waals surface area contributed by atoms with Gasteiger partial charge in [-0.05, 0) is 48.9 Å². The molecular weight excluding hydrogens is 422 g/mol. The Morgan fingerprint density at radius 1 is 1.29 bits per heavy atom. The molecule has 3 aromatic rings. The van der Waals surface area contributed by atoms with Crippen LogP contribution in [0, 0.1) is 12.8 Å². The normalized spacial score (nSPS) is 16.4. The van der Waals surface area contributed by atoms with Gasteiger partial charge in [0, 0.05) is 35.5 Å². The molecule has 1 fully saturated rings. The van der Waals surface area contributed by atoms with Gasteiger partial charge in [-0.15, -0.1) is 0 Å². The van der Waals surface area contributed by atoms with Crippen molar-refractivity contribution >= 4 is 39.1 Å². The average molecular weight is 440 g/mol. The third-order valence-electron chi connectivity index (χ3n) is 4.70. The highest BCUT2D eigenvalue weighted by Gasteiger charge is 2.35. The van der Waals surface area contributed by atoms with Crippen LogP contribution < -0.4 is 10.2 Å². The number of pyridine rings is 1. The second-order valence-electron chi connectivity index (χ2n) is 6.68. The van der Waals surface area contributed by atoms with Gasteiger partial charge in [0.05, 0.1) is 17.8 Å². The van der Waals surface area contributed by atoms with E-state index in [1.165, 1.54) is 0 Å². The van der Waals surface area contributed by atoms with Gasteiger partial charge in [-0.25, -0.2) is 9.67 Å². The fourth-order valence-electron chi connectivity index (χ4n) is 3.17. The van der Waals surface area contributed by atoms with Gasteiger partial charge in [0.25, 0.3) is 0 Å². The maximum absolute atomic E-state index is 12.6. The summed E-state index contributed by atoms with van der Waals surface area (Å²) in [6, 6.07) is 11.1. The monoisotopic (exact) mass is 439 g/mol. The molecule has 3 heterocycles. The number of anilines is 2. The first-order valence-electron chi connectivity index (χ1n) is 8.85. The Kier molecular flexibility index (Phi) is 4.95. The van der Waals surface area contributed by atoms with Gasteiger partial charge < -0.3 is 10.2 Å². The molecule has 1 atom stereocenters. The van der Waals surface area contributed by atoms with Crippen LogP contribution in [0.25, 0.3) is 5.82 Å². The Morgan fingerprint density at radius 2 is 2.14 bits per heavy atom. The number of aryl methyl sites for hydroxylation is 1. The minimum atomic E-state index is -0.401. The van der Waals surface area contributed by atoms with E-state index in [-0.39, 0.29) is 18.2 Å². The number of nitrogens with zero attached hydrogens (tertiary/aromatic N) is 4. The van der Waals surface area contributed by atoms with Crippen molar-refractivity contribution < 1.29 is 9.59 Å². The number of hydrogen-bond acceptors (Lipinski definition) is 4. The van der Waals surface area contributed by atoms with Gasteiger partial charge in [-0.1, -0.05) is 15.9 Å². The predicted molar refractivity (Wildman–Crippen MR) is 109 cm³/mol. The molecule has 2 aromatic heterocycles. The zero-order chi connectivity index (χ0) is 19.7. The molecule has 1 N–H and O–H groups in total. The molecule has 0 saturated carbocycles. The van der Waals surface area contributed by atoms with Crippen LogP contribution in [0.5, 0.6) is 0 Å². The fraction of sp³-hybridized carbons (Fsp3) is 0.200. The summed E-state index contributed by atoms with van der Waals surface area (Å²) in [5.74, 6) is 0.0328. The maximum atomic E-state index is 12.6. The molecule has 2 amide bonds. The molecule has 28 heavy (non-hydrogen) atoms. The molecule has 1 saturated heterocycles. The second kappa shape index (κ2) is 7.55. The molecule has 0 bridgehead atoms. The van der Waals surface area contributed by atoms with Crippen LogP contribution in [-0.4, -0.2) is 33.1 Å². The fourth-order valence-corrected chi connectivity index (χ4v) is 3.42. The minimum Gasteiger partial charge on any atom is -0.324 e. The highest BCUT2D eigenvalue weighted by atomic mass is 79.9. The average Bonchev–Trinajstić information content (AvgIpc) is 3.35. The van der Waals surface area contributed by atoms with Crippen LogP contribution in [0.4, 0.5) is 11.4 Å². The van der Waals surface area contributed by atoms with Crippen molar-refractivity contribution in [2.75, 3.05) is 16.8 Å². The Hall–Kier alpha value is -3.00. The number of halogens is 1. The lowest BCUT2D eigenvalue weighted by atomic mass is 10.1. The van der Waals surface area contributed by atoms with E-state index in [1.54, 1.807) is 40.3 Å². The second-order valence-corrected chi connectivity index (χ2v) is 7.54. The Morgan fingerprint density at radius 3 is 2.82 bits per heavy atom. The number of hydrogen-bond donors (Lipinski definition) is 1. The molecular formula is C20H18BrN5O2. The smallest absolute Gasteiger partial charge is 0.229 e. The minimum absolute atomic E-state index is 0.0472. The van der Waals surface area contributed by atoms with E-state index in [2.05, 4.69) is 31.3 Å². The van der Waals surface area contributed by atoms with Crippen molar-refractivity contribution in [3.05, 3.63) is 65.0 Å². The lowest BCUT2D eigenvalue weighted by molar-refractivity contribution is -0.122. The van der Waals surface area contributed by atoms with Crippen LogP contribution in [0.15, 0.2) is 59.5 Å². The number of carbonyl (C=O) groups is 2. The van der Waals surface area contributed by atoms with Crippen LogP contribution >= 0.6 is 15.9 Å². The molecule has 4 rings (SSSR count). The summed E-state index contributed by atoms with van der Waals surface area (Å²) in [5, 5.41) is 6.97. The van der Waals surface area contributed by atoms with E-state index in [9.17, 15) is 9.59 Å². The van der Waals surface area contributed by atoms with E-state index < -0.39 is 5.92 Å².